The highest BCUT2D eigenvalue weighted by Gasteiger charge is 2.04. The van der Waals surface area contributed by atoms with E-state index in [0.29, 0.717) is 0 Å². The molecule has 0 spiro atoms. The third-order valence-electron chi connectivity index (χ3n) is 2.22. The first-order valence-corrected chi connectivity index (χ1v) is 4.39. The SMILES string of the molecule is Cn1nc2cnc3ccccc3c2n1. The summed E-state index contributed by atoms with van der Waals surface area (Å²) < 4.78 is 0. The summed E-state index contributed by atoms with van der Waals surface area (Å²) in [7, 11) is 1.81. The van der Waals surface area contributed by atoms with Gasteiger partial charge in [-0.15, -0.1) is 0 Å². The van der Waals surface area contributed by atoms with Crippen molar-refractivity contribution in [2.45, 2.75) is 0 Å². The Balaban J connectivity index is 2.60. The molecular formula is C10H8N4. The van der Waals surface area contributed by atoms with Crippen LogP contribution in [0, 0.1) is 0 Å². The maximum atomic E-state index is 4.31. The molecule has 0 N–H and O–H groups in total. The van der Waals surface area contributed by atoms with Crippen molar-refractivity contribution in [3.05, 3.63) is 30.5 Å². The number of para-hydroxylation sites is 1. The summed E-state index contributed by atoms with van der Waals surface area (Å²) in [5.41, 5.74) is 2.71. The van der Waals surface area contributed by atoms with Gasteiger partial charge in [-0.1, -0.05) is 18.2 Å². The van der Waals surface area contributed by atoms with E-state index < -0.39 is 0 Å². The molecule has 0 aliphatic carbocycles. The fraction of sp³-hybridized carbons (Fsp3) is 0.100. The average Bonchev–Trinajstić information content (AvgIpc) is 2.59. The lowest BCUT2D eigenvalue weighted by Crippen LogP contribution is -1.90. The Morgan fingerprint density at radius 2 is 1.93 bits per heavy atom. The predicted molar refractivity (Wildman–Crippen MR) is 53.8 cm³/mol. The Morgan fingerprint density at radius 1 is 1.07 bits per heavy atom. The lowest BCUT2D eigenvalue weighted by Gasteiger charge is -1.94. The molecule has 0 fully saturated rings. The molecule has 14 heavy (non-hydrogen) atoms. The molecule has 4 nitrogen and oxygen atoms in total. The minimum Gasteiger partial charge on any atom is -0.254 e. The van der Waals surface area contributed by atoms with Crippen molar-refractivity contribution >= 4 is 21.9 Å². The smallest absolute Gasteiger partial charge is 0.132 e. The molecule has 3 rings (SSSR count). The molecule has 2 heterocycles. The first kappa shape index (κ1) is 7.44. The van der Waals surface area contributed by atoms with Gasteiger partial charge in [0, 0.05) is 12.4 Å². The number of fused-ring (bicyclic) bond motifs is 3. The Kier molecular flexibility index (Phi) is 1.33. The van der Waals surface area contributed by atoms with E-state index >= 15 is 0 Å². The van der Waals surface area contributed by atoms with Crippen molar-refractivity contribution in [3.8, 4) is 0 Å². The van der Waals surface area contributed by atoms with Gasteiger partial charge in [-0.2, -0.15) is 15.0 Å². The van der Waals surface area contributed by atoms with E-state index in [9.17, 15) is 0 Å². The van der Waals surface area contributed by atoms with Gasteiger partial charge in [0.25, 0.3) is 0 Å². The summed E-state index contributed by atoms with van der Waals surface area (Å²) in [6.45, 7) is 0. The average molecular weight is 184 g/mol. The summed E-state index contributed by atoms with van der Waals surface area (Å²) in [6.07, 6.45) is 1.75. The molecule has 3 aromatic rings. The Morgan fingerprint density at radius 3 is 2.86 bits per heavy atom. The number of aromatic nitrogens is 4. The van der Waals surface area contributed by atoms with E-state index in [1.54, 1.807) is 11.0 Å². The van der Waals surface area contributed by atoms with Crippen LogP contribution in [0.3, 0.4) is 0 Å². The lowest BCUT2D eigenvalue weighted by molar-refractivity contribution is 0.665. The zero-order valence-corrected chi connectivity index (χ0v) is 7.68. The van der Waals surface area contributed by atoms with E-state index in [0.717, 1.165) is 21.9 Å². The zero-order valence-electron chi connectivity index (χ0n) is 7.68. The fourth-order valence-electron chi connectivity index (χ4n) is 1.62. The lowest BCUT2D eigenvalue weighted by atomic mass is 10.2. The van der Waals surface area contributed by atoms with Gasteiger partial charge < -0.3 is 0 Å². The maximum Gasteiger partial charge on any atom is 0.132 e. The van der Waals surface area contributed by atoms with Crippen molar-refractivity contribution in [3.63, 3.8) is 0 Å². The van der Waals surface area contributed by atoms with Gasteiger partial charge in [0.15, 0.2) is 0 Å². The summed E-state index contributed by atoms with van der Waals surface area (Å²) in [4.78, 5) is 5.88. The van der Waals surface area contributed by atoms with Crippen LogP contribution in [0.4, 0.5) is 0 Å². The number of benzene rings is 1. The van der Waals surface area contributed by atoms with E-state index in [4.69, 9.17) is 0 Å². The number of rotatable bonds is 0. The largest absolute Gasteiger partial charge is 0.254 e. The first-order chi connectivity index (χ1) is 6.84. The quantitative estimate of drug-likeness (QED) is 0.532. The summed E-state index contributed by atoms with van der Waals surface area (Å²) >= 11 is 0. The molecule has 0 aliphatic rings. The van der Waals surface area contributed by atoms with Gasteiger partial charge in [-0.05, 0) is 6.07 Å². The second kappa shape index (κ2) is 2.51. The molecular weight excluding hydrogens is 176 g/mol. The Hall–Kier alpha value is -1.97. The summed E-state index contributed by atoms with van der Waals surface area (Å²) in [6, 6.07) is 7.94. The minimum atomic E-state index is 0.839. The van der Waals surface area contributed by atoms with Gasteiger partial charge in [0.1, 0.15) is 11.0 Å². The minimum absolute atomic E-state index is 0.839. The van der Waals surface area contributed by atoms with Crippen LogP contribution >= 0.6 is 0 Å². The molecule has 0 bridgehead atoms. The molecule has 0 atom stereocenters. The van der Waals surface area contributed by atoms with Crippen LogP contribution in [0.25, 0.3) is 21.9 Å². The molecule has 0 amide bonds. The molecule has 2 aromatic heterocycles. The van der Waals surface area contributed by atoms with Crippen molar-refractivity contribution in [1.82, 2.24) is 20.0 Å². The number of hydrogen-bond acceptors (Lipinski definition) is 3. The third kappa shape index (κ3) is 0.907. The standard InChI is InChI=1S/C10H8N4/c1-14-12-9-6-11-8-5-3-2-4-7(8)10(9)13-14/h2-6H,1H3. The number of nitrogens with zero attached hydrogens (tertiary/aromatic N) is 4. The van der Waals surface area contributed by atoms with Crippen LogP contribution in [0.2, 0.25) is 0 Å². The van der Waals surface area contributed by atoms with Gasteiger partial charge in [-0.25, -0.2) is 0 Å². The number of aryl methyl sites for hydroxylation is 1. The van der Waals surface area contributed by atoms with Crippen molar-refractivity contribution in [2.24, 2.45) is 7.05 Å². The van der Waals surface area contributed by atoms with Crippen LogP contribution in [0.1, 0.15) is 0 Å². The third-order valence-corrected chi connectivity index (χ3v) is 2.22. The zero-order chi connectivity index (χ0) is 9.54. The summed E-state index contributed by atoms with van der Waals surface area (Å²) in [5, 5.41) is 9.57. The topological polar surface area (TPSA) is 43.6 Å². The van der Waals surface area contributed by atoms with E-state index in [1.807, 2.05) is 31.3 Å². The summed E-state index contributed by atoms with van der Waals surface area (Å²) in [5.74, 6) is 0. The van der Waals surface area contributed by atoms with Gasteiger partial charge in [-0.3, -0.25) is 4.98 Å². The van der Waals surface area contributed by atoms with Crippen molar-refractivity contribution in [1.29, 1.82) is 0 Å². The molecule has 4 heteroatoms. The van der Waals surface area contributed by atoms with E-state index in [1.165, 1.54) is 0 Å². The normalized spacial score (nSPS) is 11.2. The number of hydrogen-bond donors (Lipinski definition) is 0. The van der Waals surface area contributed by atoms with Gasteiger partial charge in [0.2, 0.25) is 0 Å². The predicted octanol–water partition coefficient (Wildman–Crippen LogP) is 1.52. The van der Waals surface area contributed by atoms with Crippen LogP contribution < -0.4 is 0 Å². The van der Waals surface area contributed by atoms with Crippen LogP contribution in [0.5, 0.6) is 0 Å². The fourth-order valence-corrected chi connectivity index (χ4v) is 1.62. The molecule has 0 saturated carbocycles. The maximum absolute atomic E-state index is 4.31. The highest BCUT2D eigenvalue weighted by atomic mass is 15.4. The van der Waals surface area contributed by atoms with Crippen LogP contribution in [0.15, 0.2) is 30.5 Å². The monoisotopic (exact) mass is 184 g/mol. The van der Waals surface area contributed by atoms with Crippen molar-refractivity contribution < 1.29 is 0 Å². The molecule has 0 radical (unpaired) electrons. The van der Waals surface area contributed by atoms with Gasteiger partial charge in [0.05, 0.1) is 11.7 Å². The molecule has 0 saturated heterocycles. The van der Waals surface area contributed by atoms with Crippen LogP contribution in [-0.2, 0) is 7.05 Å². The van der Waals surface area contributed by atoms with E-state index in [-0.39, 0.29) is 0 Å². The molecule has 0 unspecified atom stereocenters. The molecule has 1 aromatic carbocycles. The highest BCUT2D eigenvalue weighted by molar-refractivity contribution is 6.00. The Bertz CT molecular complexity index is 612. The molecule has 68 valence electrons. The number of pyridine rings is 1. The van der Waals surface area contributed by atoms with Crippen LogP contribution in [-0.4, -0.2) is 20.0 Å². The van der Waals surface area contributed by atoms with Gasteiger partial charge >= 0.3 is 0 Å². The first-order valence-electron chi connectivity index (χ1n) is 4.39. The second-order valence-electron chi connectivity index (χ2n) is 3.20. The second-order valence-corrected chi connectivity index (χ2v) is 3.20. The van der Waals surface area contributed by atoms with E-state index in [2.05, 4.69) is 15.2 Å². The highest BCUT2D eigenvalue weighted by Crippen LogP contribution is 2.19. The Labute approximate surface area is 80.2 Å². The van der Waals surface area contributed by atoms with Crippen molar-refractivity contribution in [2.75, 3.05) is 0 Å². The molecule has 0 aliphatic heterocycles.